The van der Waals surface area contributed by atoms with E-state index in [-0.39, 0.29) is 37.6 Å². The summed E-state index contributed by atoms with van der Waals surface area (Å²) >= 11 is 0. The molecule has 0 atom stereocenters. The Hall–Kier alpha value is -4.60. The van der Waals surface area contributed by atoms with Crippen LogP contribution < -0.4 is 4.90 Å². The minimum atomic E-state index is -0.283. The molecule has 0 saturated carbocycles. The molecule has 2 aromatic heterocycles. The summed E-state index contributed by atoms with van der Waals surface area (Å²) in [6.07, 6.45) is 1.79. The van der Waals surface area contributed by atoms with E-state index in [1.54, 1.807) is 6.20 Å². The molecule has 5 nitrogen and oxygen atoms in total. The molecule has 0 aliphatic carbocycles. The van der Waals surface area contributed by atoms with Crippen LogP contribution in [0.25, 0.3) is 33.9 Å². The molecule has 0 radical (unpaired) electrons. The third-order valence-electron chi connectivity index (χ3n) is 8.01. The van der Waals surface area contributed by atoms with Crippen molar-refractivity contribution >= 4 is 17.2 Å². The zero-order valence-electron chi connectivity index (χ0n) is 27.6. The van der Waals surface area contributed by atoms with Crippen LogP contribution in [0.3, 0.4) is 0 Å². The Kier molecular flexibility index (Phi) is 9.79. The number of para-hydroxylation sites is 1. The molecule has 0 bridgehead atoms. The quantitative estimate of drug-likeness (QED) is 0.170. The molecular weight excluding hydrogens is 760 g/mol. The molecule has 4 aromatic carbocycles. The maximum atomic E-state index is 11.8. The number of hydrogen-bond acceptors (Lipinski definition) is 5. The molecule has 47 heavy (non-hydrogen) atoms. The molecule has 0 saturated heterocycles. The summed E-state index contributed by atoms with van der Waals surface area (Å²) in [5.74, 6) is 1.46. The minimum absolute atomic E-state index is 0. The Bertz CT molecular complexity index is 1930. The number of benzene rings is 4. The van der Waals surface area contributed by atoms with Crippen LogP contribution in [-0.2, 0) is 31.9 Å². The number of hydrogen-bond donors (Lipinski definition) is 1. The van der Waals surface area contributed by atoms with Gasteiger partial charge in [0, 0.05) is 38.5 Å². The third kappa shape index (κ3) is 7.37. The fraction of sp³-hybridized carbons (Fsp3) is 0.195. The molecule has 6 rings (SSSR count). The summed E-state index contributed by atoms with van der Waals surface area (Å²) in [6, 6.07) is 42.0. The molecular formula is C41H39N4OPt-. The molecule has 6 heteroatoms. The number of rotatable bonds is 6. The molecule has 0 fully saturated rings. The topological polar surface area (TPSA) is 62.1 Å². The maximum Gasteiger partial charge on any atom is 0.154 e. The molecule has 0 amide bonds. The zero-order valence-corrected chi connectivity index (χ0v) is 29.9. The van der Waals surface area contributed by atoms with E-state index in [0.717, 1.165) is 45.1 Å². The van der Waals surface area contributed by atoms with Crippen molar-refractivity contribution in [1.29, 1.82) is 0 Å². The monoisotopic (exact) mass is 798 g/mol. The molecule has 0 spiro atoms. The van der Waals surface area contributed by atoms with Crippen molar-refractivity contribution in [2.24, 2.45) is 0 Å². The van der Waals surface area contributed by atoms with Crippen molar-refractivity contribution in [3.05, 3.63) is 139 Å². The van der Waals surface area contributed by atoms with Crippen LogP contribution in [-0.4, -0.2) is 20.1 Å². The Morgan fingerprint density at radius 1 is 0.660 bits per heavy atom. The molecule has 0 unspecified atom stereocenters. The van der Waals surface area contributed by atoms with Crippen molar-refractivity contribution in [2.75, 3.05) is 4.90 Å². The van der Waals surface area contributed by atoms with Gasteiger partial charge in [-0.25, -0.2) is 9.97 Å². The predicted molar refractivity (Wildman–Crippen MR) is 189 cm³/mol. The number of pyridine rings is 1. The van der Waals surface area contributed by atoms with Gasteiger partial charge >= 0.3 is 0 Å². The molecule has 6 aromatic rings. The molecule has 1 N–H and O–H groups in total. The zero-order chi connectivity index (χ0) is 32.5. The number of aromatic nitrogens is 3. The van der Waals surface area contributed by atoms with Crippen LogP contribution >= 0.6 is 0 Å². The van der Waals surface area contributed by atoms with E-state index in [4.69, 9.17) is 9.97 Å². The van der Waals surface area contributed by atoms with Gasteiger partial charge in [0.25, 0.3) is 0 Å². The molecule has 0 aliphatic heterocycles. The van der Waals surface area contributed by atoms with Crippen LogP contribution in [0.5, 0.6) is 5.75 Å². The fourth-order valence-electron chi connectivity index (χ4n) is 5.47. The summed E-state index contributed by atoms with van der Waals surface area (Å²) in [5, 5.41) is 11.8. The van der Waals surface area contributed by atoms with Crippen LogP contribution in [0, 0.1) is 6.07 Å². The third-order valence-corrected chi connectivity index (χ3v) is 8.01. The van der Waals surface area contributed by atoms with Gasteiger partial charge in [-0.3, -0.25) is 4.98 Å². The first-order valence-corrected chi connectivity index (χ1v) is 15.6. The Morgan fingerprint density at radius 3 is 1.96 bits per heavy atom. The van der Waals surface area contributed by atoms with E-state index in [0.29, 0.717) is 17.1 Å². The second-order valence-corrected chi connectivity index (χ2v) is 13.6. The average Bonchev–Trinajstić information content (AvgIpc) is 3.05. The summed E-state index contributed by atoms with van der Waals surface area (Å²) < 4.78 is 0. The molecule has 0 aliphatic rings. The van der Waals surface area contributed by atoms with Crippen molar-refractivity contribution in [1.82, 2.24) is 15.0 Å². The standard InChI is InChI=1S/C41H39N4O.Pt/c1-40(2,3)30-25-33(38(46)34(26-30)41(4,5)6)39-43-35(28-16-9-7-10-17-28)27-36(44-39)29-18-15-21-32(24-29)45(31-19-11-8-12-20-31)37-22-13-14-23-42-37;/h7-23,25-27,46H,1-6H3;/q-1;. The average molecular weight is 799 g/mol. The van der Waals surface area contributed by atoms with Crippen molar-refractivity contribution in [2.45, 2.75) is 52.4 Å². The van der Waals surface area contributed by atoms with Gasteiger partial charge in [-0.1, -0.05) is 108 Å². The van der Waals surface area contributed by atoms with Gasteiger partial charge in [-0.2, -0.15) is 0 Å². The summed E-state index contributed by atoms with van der Waals surface area (Å²) in [6.45, 7) is 12.9. The molecule has 2 heterocycles. The van der Waals surface area contributed by atoms with Crippen LogP contribution in [0.1, 0.15) is 52.7 Å². The second-order valence-electron chi connectivity index (χ2n) is 13.6. The number of phenols is 1. The molecule has 240 valence electrons. The van der Waals surface area contributed by atoms with E-state index in [1.807, 2.05) is 97.1 Å². The predicted octanol–water partition coefficient (Wildman–Crippen LogP) is 10.4. The van der Waals surface area contributed by atoms with Crippen molar-refractivity contribution in [3.63, 3.8) is 0 Å². The first-order chi connectivity index (χ1) is 22.0. The number of aromatic hydroxyl groups is 1. The minimum Gasteiger partial charge on any atom is -0.507 e. The summed E-state index contributed by atoms with van der Waals surface area (Å²) in [5.41, 5.74) is 7.22. The maximum absolute atomic E-state index is 11.8. The Labute approximate surface area is 292 Å². The number of phenolic OH excluding ortho intramolecular Hbond substituents is 1. The summed E-state index contributed by atoms with van der Waals surface area (Å²) in [4.78, 5) is 16.9. The fourth-order valence-corrected chi connectivity index (χ4v) is 5.47. The van der Waals surface area contributed by atoms with Crippen LogP contribution in [0.15, 0.2) is 121 Å². The van der Waals surface area contributed by atoms with Crippen LogP contribution in [0.4, 0.5) is 17.2 Å². The first kappa shape index (κ1) is 33.8. The van der Waals surface area contributed by atoms with Gasteiger partial charge in [0.1, 0.15) is 11.6 Å². The number of nitrogens with zero attached hydrogens (tertiary/aromatic N) is 4. The van der Waals surface area contributed by atoms with E-state index in [2.05, 4.69) is 75.7 Å². The van der Waals surface area contributed by atoms with Gasteiger partial charge in [-0.05, 0) is 63.7 Å². The van der Waals surface area contributed by atoms with E-state index < -0.39 is 0 Å². The summed E-state index contributed by atoms with van der Waals surface area (Å²) in [7, 11) is 0. The van der Waals surface area contributed by atoms with Gasteiger partial charge in [0.2, 0.25) is 0 Å². The SMILES string of the molecule is CC(C)(C)c1cc(-c2nc(-c3[c-]c(N(c4ccccc4)c4ccccn4)ccc3)cc(-c3ccccc3)n2)c(O)c(C(C)(C)C)c1.[Pt]. The van der Waals surface area contributed by atoms with Gasteiger partial charge in [-0.15, -0.1) is 29.8 Å². The smallest absolute Gasteiger partial charge is 0.154 e. The van der Waals surface area contributed by atoms with Crippen molar-refractivity contribution in [3.8, 4) is 39.7 Å². The second kappa shape index (κ2) is 13.6. The van der Waals surface area contributed by atoms with Crippen molar-refractivity contribution < 1.29 is 26.2 Å². The van der Waals surface area contributed by atoms with Gasteiger partial charge < -0.3 is 10.0 Å². The number of anilines is 3. The van der Waals surface area contributed by atoms with E-state index >= 15 is 0 Å². The normalized spacial score (nSPS) is 11.5. The van der Waals surface area contributed by atoms with Gasteiger partial charge in [0.05, 0.1) is 11.3 Å². The largest absolute Gasteiger partial charge is 0.507 e. The van der Waals surface area contributed by atoms with E-state index in [1.165, 1.54) is 0 Å². The first-order valence-electron chi connectivity index (χ1n) is 15.6. The van der Waals surface area contributed by atoms with Crippen LogP contribution in [0.2, 0.25) is 0 Å². The van der Waals surface area contributed by atoms with E-state index in [9.17, 15) is 5.11 Å². The Balaban J connectivity index is 0.00000433. The van der Waals surface area contributed by atoms with Gasteiger partial charge in [0.15, 0.2) is 5.82 Å². The Morgan fingerprint density at radius 2 is 1.32 bits per heavy atom.